The number of carbonyl (C=O) groups is 3. The number of hydrogen-bond donors (Lipinski definition) is 3. The van der Waals surface area contributed by atoms with Gasteiger partial charge in [0, 0.05) is 19.2 Å². The van der Waals surface area contributed by atoms with E-state index in [-0.39, 0.29) is 18.2 Å². The number of aryl methyl sites for hydroxylation is 2. The maximum Gasteiger partial charge on any atom is 0.324 e. The van der Waals surface area contributed by atoms with Crippen molar-refractivity contribution < 1.29 is 19.5 Å². The maximum atomic E-state index is 12.8. The van der Waals surface area contributed by atoms with Gasteiger partial charge in [-0.15, -0.1) is 0 Å². The molecule has 0 spiro atoms. The van der Waals surface area contributed by atoms with Crippen LogP contribution in [0.2, 0.25) is 5.02 Å². The van der Waals surface area contributed by atoms with Crippen molar-refractivity contribution in [3.63, 3.8) is 0 Å². The molecule has 206 valence electrons. The van der Waals surface area contributed by atoms with Crippen LogP contribution < -0.4 is 10.6 Å². The Morgan fingerprint density at radius 1 is 1.08 bits per heavy atom. The normalized spacial score (nSPS) is 13.8. The van der Waals surface area contributed by atoms with Crippen molar-refractivity contribution in [3.8, 4) is 5.69 Å². The number of nitrogens with zero attached hydrogens (tertiary/aromatic N) is 3. The molecule has 1 aliphatic rings. The van der Waals surface area contributed by atoms with Crippen LogP contribution in [0.5, 0.6) is 0 Å². The lowest BCUT2D eigenvalue weighted by atomic mass is 9.96. The molecule has 9 nitrogen and oxygen atoms in total. The Morgan fingerprint density at radius 2 is 1.79 bits per heavy atom. The number of aliphatic carboxylic acids is 1. The molecule has 4 rings (SSSR count). The molecule has 0 unspecified atom stereocenters. The minimum Gasteiger partial charge on any atom is -0.481 e. The summed E-state index contributed by atoms with van der Waals surface area (Å²) >= 11 is 6.34. The number of halogens is 1. The number of likely N-dealkylation sites (tertiary alicyclic amines) is 1. The first-order chi connectivity index (χ1) is 18.7. The molecule has 1 aromatic heterocycles. The van der Waals surface area contributed by atoms with Gasteiger partial charge < -0.3 is 15.3 Å². The number of carboxylic acids is 1. The van der Waals surface area contributed by atoms with Crippen LogP contribution in [0.25, 0.3) is 5.69 Å². The van der Waals surface area contributed by atoms with Crippen LogP contribution in [0, 0.1) is 12.8 Å². The number of amides is 3. The van der Waals surface area contributed by atoms with Gasteiger partial charge in [0.2, 0.25) is 5.91 Å². The quantitative estimate of drug-likeness (QED) is 0.316. The molecule has 2 aromatic carbocycles. The Kier molecular flexibility index (Phi) is 9.24. The van der Waals surface area contributed by atoms with E-state index in [1.807, 2.05) is 49.4 Å². The van der Waals surface area contributed by atoms with Gasteiger partial charge in [0.25, 0.3) is 0 Å². The highest BCUT2D eigenvalue weighted by Gasteiger charge is 2.27. The fourth-order valence-corrected chi connectivity index (χ4v) is 4.80. The molecule has 0 saturated carbocycles. The zero-order valence-corrected chi connectivity index (χ0v) is 23.0. The number of carbonyl (C=O) groups excluding carboxylic acids is 2. The monoisotopic (exact) mass is 551 g/mol. The summed E-state index contributed by atoms with van der Waals surface area (Å²) < 4.78 is 1.69. The zero-order chi connectivity index (χ0) is 27.9. The third kappa shape index (κ3) is 7.17. The number of benzene rings is 2. The molecule has 0 aliphatic carbocycles. The number of urea groups is 1. The van der Waals surface area contributed by atoms with Crippen molar-refractivity contribution in [2.24, 2.45) is 5.92 Å². The van der Waals surface area contributed by atoms with Crippen molar-refractivity contribution in [2.45, 2.75) is 52.4 Å². The van der Waals surface area contributed by atoms with E-state index in [1.54, 1.807) is 15.6 Å². The number of piperidine rings is 1. The molecule has 0 bridgehead atoms. The Morgan fingerprint density at radius 3 is 2.46 bits per heavy atom. The van der Waals surface area contributed by atoms with Gasteiger partial charge in [-0.1, -0.05) is 49.2 Å². The molecule has 3 amide bonds. The van der Waals surface area contributed by atoms with Crippen molar-refractivity contribution in [1.82, 2.24) is 14.7 Å². The standard InChI is InChI=1S/C29H34ClN5O4/c1-3-4-7-22-18-25(32-29(39)31-24-8-5-6-19(2)27(24)30)35(33-22)23-11-9-20(10-12-23)17-26(36)34-15-13-21(14-16-34)28(37)38/h5-6,8-12,18,21H,3-4,7,13-17H2,1-2H3,(H,37,38)(H2,31,32,39). The lowest BCUT2D eigenvalue weighted by Crippen LogP contribution is -2.40. The summed E-state index contributed by atoms with van der Waals surface area (Å²) in [6, 6.07) is 14.4. The van der Waals surface area contributed by atoms with Gasteiger partial charge >= 0.3 is 12.0 Å². The molecule has 1 fully saturated rings. The van der Waals surface area contributed by atoms with E-state index in [2.05, 4.69) is 17.6 Å². The van der Waals surface area contributed by atoms with E-state index in [1.165, 1.54) is 0 Å². The van der Waals surface area contributed by atoms with Gasteiger partial charge in [-0.2, -0.15) is 5.10 Å². The molecular formula is C29H34ClN5O4. The van der Waals surface area contributed by atoms with Gasteiger partial charge in [0.1, 0.15) is 5.82 Å². The summed E-state index contributed by atoms with van der Waals surface area (Å²) in [5.74, 6) is -0.656. The van der Waals surface area contributed by atoms with E-state index >= 15 is 0 Å². The second-order valence-corrected chi connectivity index (χ2v) is 10.3. The fraction of sp³-hybridized carbons (Fsp3) is 0.379. The molecule has 1 aliphatic heterocycles. The van der Waals surface area contributed by atoms with Crippen LogP contribution in [0.15, 0.2) is 48.5 Å². The SMILES string of the molecule is CCCCc1cc(NC(=O)Nc2cccc(C)c2Cl)n(-c2ccc(CC(=O)N3CCC(C(=O)O)CC3)cc2)n1. The maximum absolute atomic E-state index is 12.8. The number of hydrogen-bond acceptors (Lipinski definition) is 4. The lowest BCUT2D eigenvalue weighted by molar-refractivity contribution is -0.145. The van der Waals surface area contributed by atoms with Gasteiger partial charge in [-0.05, 0) is 61.9 Å². The molecule has 3 aromatic rings. The number of rotatable bonds is 9. The van der Waals surface area contributed by atoms with Crippen LogP contribution in [-0.2, 0) is 22.4 Å². The number of anilines is 2. The second kappa shape index (κ2) is 12.8. The summed E-state index contributed by atoms with van der Waals surface area (Å²) in [7, 11) is 0. The molecule has 2 heterocycles. The number of nitrogens with one attached hydrogen (secondary N) is 2. The van der Waals surface area contributed by atoms with Gasteiger partial charge in [0.15, 0.2) is 0 Å². The van der Waals surface area contributed by atoms with Crippen molar-refractivity contribution in [3.05, 3.63) is 70.4 Å². The van der Waals surface area contributed by atoms with Crippen molar-refractivity contribution in [1.29, 1.82) is 0 Å². The van der Waals surface area contributed by atoms with Crippen LogP contribution in [0.4, 0.5) is 16.3 Å². The number of unbranched alkanes of at least 4 members (excludes halogenated alkanes) is 1. The Hall–Kier alpha value is -3.85. The molecule has 0 atom stereocenters. The van der Waals surface area contributed by atoms with Crippen molar-refractivity contribution >= 4 is 41.0 Å². The number of carboxylic acid groups (broad SMARTS) is 1. The first-order valence-corrected chi connectivity index (χ1v) is 13.6. The molecule has 39 heavy (non-hydrogen) atoms. The average molecular weight is 552 g/mol. The molecular weight excluding hydrogens is 518 g/mol. The van der Waals surface area contributed by atoms with Crippen LogP contribution in [0.3, 0.4) is 0 Å². The van der Waals surface area contributed by atoms with E-state index in [9.17, 15) is 19.5 Å². The summed E-state index contributed by atoms with van der Waals surface area (Å²) in [5, 5.41) is 20.1. The lowest BCUT2D eigenvalue weighted by Gasteiger charge is -2.30. The van der Waals surface area contributed by atoms with Crippen molar-refractivity contribution in [2.75, 3.05) is 23.7 Å². The average Bonchev–Trinajstić information content (AvgIpc) is 3.32. The minimum absolute atomic E-state index is 0.0126. The minimum atomic E-state index is -0.792. The van der Waals surface area contributed by atoms with Gasteiger partial charge in [-0.25, -0.2) is 9.48 Å². The topological polar surface area (TPSA) is 117 Å². The highest BCUT2D eigenvalue weighted by Crippen LogP contribution is 2.26. The van der Waals surface area contributed by atoms with E-state index in [4.69, 9.17) is 16.7 Å². The summed E-state index contributed by atoms with van der Waals surface area (Å²) in [5.41, 5.74) is 3.85. The van der Waals surface area contributed by atoms with Gasteiger partial charge in [-0.3, -0.25) is 14.9 Å². The highest BCUT2D eigenvalue weighted by molar-refractivity contribution is 6.34. The summed E-state index contributed by atoms with van der Waals surface area (Å²) in [4.78, 5) is 38.5. The van der Waals surface area contributed by atoms with Gasteiger partial charge in [0.05, 0.1) is 34.4 Å². The zero-order valence-electron chi connectivity index (χ0n) is 22.2. The molecule has 0 radical (unpaired) electrons. The Balaban J connectivity index is 1.46. The first kappa shape index (κ1) is 28.2. The van der Waals surface area contributed by atoms with E-state index < -0.39 is 12.0 Å². The van der Waals surface area contributed by atoms with E-state index in [0.717, 1.165) is 41.8 Å². The van der Waals surface area contributed by atoms with E-state index in [0.29, 0.717) is 42.5 Å². The van der Waals surface area contributed by atoms with Crippen LogP contribution in [0.1, 0.15) is 49.4 Å². The Labute approximate surface area is 233 Å². The fourth-order valence-electron chi connectivity index (χ4n) is 4.63. The highest BCUT2D eigenvalue weighted by atomic mass is 35.5. The largest absolute Gasteiger partial charge is 0.481 e. The third-order valence-electron chi connectivity index (χ3n) is 6.96. The summed E-state index contributed by atoms with van der Waals surface area (Å²) in [6.45, 7) is 4.92. The predicted molar refractivity (Wildman–Crippen MR) is 152 cm³/mol. The Bertz CT molecular complexity index is 1330. The predicted octanol–water partition coefficient (Wildman–Crippen LogP) is 5.69. The number of aromatic nitrogens is 2. The molecule has 3 N–H and O–H groups in total. The first-order valence-electron chi connectivity index (χ1n) is 13.3. The van der Waals surface area contributed by atoms with Crippen LogP contribution >= 0.6 is 11.6 Å². The second-order valence-electron chi connectivity index (χ2n) is 9.89. The van der Waals surface area contributed by atoms with Crippen LogP contribution in [-0.4, -0.2) is 50.8 Å². The summed E-state index contributed by atoms with van der Waals surface area (Å²) in [6.07, 6.45) is 4.00. The molecule has 1 saturated heterocycles. The smallest absolute Gasteiger partial charge is 0.324 e. The molecule has 10 heteroatoms. The third-order valence-corrected chi connectivity index (χ3v) is 7.46.